The van der Waals surface area contributed by atoms with E-state index in [1.807, 2.05) is 30.3 Å². The lowest BCUT2D eigenvalue weighted by molar-refractivity contribution is -0.385. The molecule has 4 nitrogen and oxygen atoms in total. The first-order valence-electron chi connectivity index (χ1n) is 6.09. The summed E-state index contributed by atoms with van der Waals surface area (Å²) in [5, 5.41) is 19.8. The lowest BCUT2D eigenvalue weighted by Crippen LogP contribution is -1.92. The second kappa shape index (κ2) is 6.22. The molecule has 0 aliphatic rings. The zero-order chi connectivity index (χ0) is 14.5. The Morgan fingerprint density at radius 2 is 1.85 bits per heavy atom. The number of rotatable bonds is 4. The SMILES string of the molecule is CCc1ccc(Sc2ccc(C#N)c([N+](=O)[O-])c2)cc1. The summed E-state index contributed by atoms with van der Waals surface area (Å²) in [6, 6.07) is 14.6. The number of nitro benzene ring substituents is 1. The summed E-state index contributed by atoms with van der Waals surface area (Å²) in [5.74, 6) is 0. The van der Waals surface area contributed by atoms with Gasteiger partial charge >= 0.3 is 0 Å². The van der Waals surface area contributed by atoms with Crippen molar-refractivity contribution in [3.8, 4) is 6.07 Å². The number of hydrogen-bond acceptors (Lipinski definition) is 4. The average Bonchev–Trinajstić information content (AvgIpc) is 2.48. The molecule has 0 amide bonds. The lowest BCUT2D eigenvalue weighted by Gasteiger charge is -2.03. The third kappa shape index (κ3) is 3.16. The Balaban J connectivity index is 2.27. The zero-order valence-electron chi connectivity index (χ0n) is 10.9. The fraction of sp³-hybridized carbons (Fsp3) is 0.133. The third-order valence-corrected chi connectivity index (χ3v) is 3.85. The van der Waals surface area contributed by atoms with Crippen molar-refractivity contribution in [2.45, 2.75) is 23.1 Å². The van der Waals surface area contributed by atoms with Crippen molar-refractivity contribution < 1.29 is 4.92 Å². The minimum Gasteiger partial charge on any atom is -0.258 e. The minimum absolute atomic E-state index is 0.0840. The first kappa shape index (κ1) is 14.1. The van der Waals surface area contributed by atoms with Gasteiger partial charge in [-0.25, -0.2) is 0 Å². The average molecular weight is 284 g/mol. The van der Waals surface area contributed by atoms with Crippen LogP contribution in [0.15, 0.2) is 52.3 Å². The van der Waals surface area contributed by atoms with Crippen LogP contribution in [0.1, 0.15) is 18.1 Å². The molecule has 100 valence electrons. The maximum absolute atomic E-state index is 10.9. The molecule has 0 fully saturated rings. The quantitative estimate of drug-likeness (QED) is 0.624. The summed E-state index contributed by atoms with van der Waals surface area (Å²) < 4.78 is 0. The maximum atomic E-state index is 10.9. The topological polar surface area (TPSA) is 66.9 Å². The van der Waals surface area contributed by atoms with Crippen molar-refractivity contribution in [1.29, 1.82) is 5.26 Å². The van der Waals surface area contributed by atoms with E-state index in [1.54, 1.807) is 6.07 Å². The summed E-state index contributed by atoms with van der Waals surface area (Å²) >= 11 is 1.44. The molecule has 0 N–H and O–H groups in total. The van der Waals surface area contributed by atoms with E-state index in [4.69, 9.17) is 5.26 Å². The van der Waals surface area contributed by atoms with Crippen LogP contribution >= 0.6 is 11.8 Å². The number of nitro groups is 1. The summed E-state index contributed by atoms with van der Waals surface area (Å²) in [6.45, 7) is 2.09. The van der Waals surface area contributed by atoms with E-state index in [0.29, 0.717) is 0 Å². The Morgan fingerprint density at radius 1 is 1.20 bits per heavy atom. The third-order valence-electron chi connectivity index (χ3n) is 2.85. The molecule has 0 heterocycles. The Labute approximate surface area is 121 Å². The highest BCUT2D eigenvalue weighted by Gasteiger charge is 2.14. The molecule has 0 aliphatic heterocycles. The number of hydrogen-bond donors (Lipinski definition) is 0. The second-order valence-electron chi connectivity index (χ2n) is 4.15. The van der Waals surface area contributed by atoms with Crippen molar-refractivity contribution in [2.75, 3.05) is 0 Å². The molecule has 20 heavy (non-hydrogen) atoms. The Kier molecular flexibility index (Phi) is 4.38. The molecule has 0 unspecified atom stereocenters. The van der Waals surface area contributed by atoms with E-state index in [1.165, 1.54) is 29.5 Å². The number of nitrogens with zero attached hydrogens (tertiary/aromatic N) is 2. The van der Waals surface area contributed by atoms with E-state index < -0.39 is 4.92 Å². The predicted octanol–water partition coefficient (Wildman–Crippen LogP) is 4.18. The highest BCUT2D eigenvalue weighted by Crippen LogP contribution is 2.31. The monoisotopic (exact) mass is 284 g/mol. The molecule has 0 saturated carbocycles. The summed E-state index contributed by atoms with van der Waals surface area (Å²) in [6.07, 6.45) is 0.979. The molecular weight excluding hydrogens is 272 g/mol. The van der Waals surface area contributed by atoms with Crippen molar-refractivity contribution in [3.63, 3.8) is 0 Å². The molecule has 5 heteroatoms. The van der Waals surface area contributed by atoms with Crippen LogP contribution < -0.4 is 0 Å². The van der Waals surface area contributed by atoms with E-state index >= 15 is 0 Å². The van der Waals surface area contributed by atoms with Crippen LogP contribution in [-0.2, 0) is 6.42 Å². The van der Waals surface area contributed by atoms with Crippen LogP contribution in [0, 0.1) is 21.4 Å². The van der Waals surface area contributed by atoms with Gasteiger partial charge in [0.1, 0.15) is 11.6 Å². The van der Waals surface area contributed by atoms with Crippen molar-refractivity contribution in [1.82, 2.24) is 0 Å². The zero-order valence-corrected chi connectivity index (χ0v) is 11.7. The molecule has 0 radical (unpaired) electrons. The molecule has 0 bridgehead atoms. The van der Waals surface area contributed by atoms with Crippen LogP contribution in [0.3, 0.4) is 0 Å². The highest BCUT2D eigenvalue weighted by molar-refractivity contribution is 7.99. The van der Waals surface area contributed by atoms with Gasteiger partial charge in [0, 0.05) is 15.9 Å². The highest BCUT2D eigenvalue weighted by atomic mass is 32.2. The van der Waals surface area contributed by atoms with Crippen LogP contribution in [0.4, 0.5) is 5.69 Å². The number of aryl methyl sites for hydroxylation is 1. The Bertz CT molecular complexity index is 675. The van der Waals surface area contributed by atoms with Gasteiger partial charge < -0.3 is 0 Å². The fourth-order valence-corrected chi connectivity index (χ4v) is 2.60. The molecule has 0 atom stereocenters. The summed E-state index contributed by atoms with van der Waals surface area (Å²) in [7, 11) is 0. The van der Waals surface area contributed by atoms with Gasteiger partial charge in [-0.15, -0.1) is 0 Å². The maximum Gasteiger partial charge on any atom is 0.288 e. The van der Waals surface area contributed by atoms with Gasteiger partial charge in [0.05, 0.1) is 4.92 Å². The van der Waals surface area contributed by atoms with E-state index in [-0.39, 0.29) is 11.3 Å². The Morgan fingerprint density at radius 3 is 2.40 bits per heavy atom. The standard InChI is InChI=1S/C15H12N2O2S/c1-2-11-3-6-13(7-4-11)20-14-8-5-12(10-16)15(9-14)17(18)19/h3-9H,2H2,1H3. The minimum atomic E-state index is -0.525. The first-order chi connectivity index (χ1) is 9.63. The molecule has 2 aromatic carbocycles. The van der Waals surface area contributed by atoms with Crippen LogP contribution in [-0.4, -0.2) is 4.92 Å². The first-order valence-corrected chi connectivity index (χ1v) is 6.91. The van der Waals surface area contributed by atoms with Crippen molar-refractivity contribution in [3.05, 3.63) is 63.7 Å². The van der Waals surface area contributed by atoms with Gasteiger partial charge in [0.15, 0.2) is 0 Å². The molecule has 0 saturated heterocycles. The lowest BCUT2D eigenvalue weighted by atomic mass is 10.2. The van der Waals surface area contributed by atoms with Crippen LogP contribution in [0.2, 0.25) is 0 Å². The van der Waals surface area contributed by atoms with Gasteiger partial charge in [0.2, 0.25) is 0 Å². The normalized spacial score (nSPS) is 10.0. The molecule has 2 aromatic rings. The smallest absolute Gasteiger partial charge is 0.258 e. The molecule has 0 aliphatic carbocycles. The summed E-state index contributed by atoms with van der Waals surface area (Å²) in [4.78, 5) is 12.2. The summed E-state index contributed by atoms with van der Waals surface area (Å²) in [5.41, 5.74) is 1.18. The number of nitriles is 1. The van der Waals surface area contributed by atoms with E-state index in [9.17, 15) is 10.1 Å². The molecular formula is C15H12N2O2S. The predicted molar refractivity (Wildman–Crippen MR) is 77.8 cm³/mol. The van der Waals surface area contributed by atoms with Crippen molar-refractivity contribution >= 4 is 17.4 Å². The second-order valence-corrected chi connectivity index (χ2v) is 5.29. The molecule has 0 aromatic heterocycles. The van der Waals surface area contributed by atoms with Crippen LogP contribution in [0.25, 0.3) is 0 Å². The van der Waals surface area contributed by atoms with E-state index in [0.717, 1.165) is 16.2 Å². The van der Waals surface area contributed by atoms with Crippen molar-refractivity contribution in [2.24, 2.45) is 0 Å². The fourth-order valence-electron chi connectivity index (χ4n) is 1.75. The van der Waals surface area contributed by atoms with Gasteiger partial charge in [-0.1, -0.05) is 30.8 Å². The van der Waals surface area contributed by atoms with Gasteiger partial charge in [-0.05, 0) is 36.2 Å². The van der Waals surface area contributed by atoms with Crippen LogP contribution in [0.5, 0.6) is 0 Å². The molecule has 0 spiro atoms. The Hall–Kier alpha value is -2.32. The van der Waals surface area contributed by atoms with Gasteiger partial charge in [0.25, 0.3) is 5.69 Å². The van der Waals surface area contributed by atoms with Gasteiger partial charge in [-0.3, -0.25) is 10.1 Å². The largest absolute Gasteiger partial charge is 0.288 e. The molecule has 2 rings (SSSR count). The number of benzene rings is 2. The van der Waals surface area contributed by atoms with Gasteiger partial charge in [-0.2, -0.15) is 5.26 Å². The van der Waals surface area contributed by atoms with E-state index in [2.05, 4.69) is 6.92 Å².